The molecule has 1 amide bonds. The van der Waals surface area contributed by atoms with E-state index in [9.17, 15) is 9.18 Å². The lowest BCUT2D eigenvalue weighted by atomic mass is 10.3. The first kappa shape index (κ1) is 14.0. The van der Waals surface area contributed by atoms with Gasteiger partial charge in [-0.1, -0.05) is 34.8 Å². The van der Waals surface area contributed by atoms with Gasteiger partial charge in [0.15, 0.2) is 0 Å². The van der Waals surface area contributed by atoms with Crippen molar-refractivity contribution in [3.05, 3.63) is 51.2 Å². The van der Waals surface area contributed by atoms with Crippen LogP contribution >= 0.6 is 34.8 Å². The van der Waals surface area contributed by atoms with E-state index in [2.05, 4.69) is 15.3 Å². The Morgan fingerprint density at radius 3 is 2.37 bits per heavy atom. The maximum atomic E-state index is 13.0. The molecule has 0 aliphatic rings. The van der Waals surface area contributed by atoms with Gasteiger partial charge in [-0.3, -0.25) is 9.78 Å². The maximum Gasteiger partial charge on any atom is 0.276 e. The Bertz CT molecular complexity index is 628. The summed E-state index contributed by atoms with van der Waals surface area (Å²) in [6, 6.07) is 2.07. The molecule has 8 heteroatoms. The Morgan fingerprint density at radius 1 is 1.16 bits per heavy atom. The van der Waals surface area contributed by atoms with E-state index in [4.69, 9.17) is 34.8 Å². The van der Waals surface area contributed by atoms with Crippen molar-refractivity contribution in [1.29, 1.82) is 0 Å². The van der Waals surface area contributed by atoms with Gasteiger partial charge in [-0.05, 0) is 12.1 Å². The molecule has 0 radical (unpaired) electrons. The number of halogens is 4. The average Bonchev–Trinajstić information content (AvgIpc) is 2.33. The zero-order valence-electron chi connectivity index (χ0n) is 9.12. The highest BCUT2D eigenvalue weighted by Crippen LogP contribution is 2.31. The third kappa shape index (κ3) is 3.32. The van der Waals surface area contributed by atoms with Crippen LogP contribution in [-0.2, 0) is 0 Å². The third-order valence-electron chi connectivity index (χ3n) is 2.08. The minimum Gasteiger partial charge on any atom is -0.318 e. The SMILES string of the molecule is O=C(Nc1c(Cl)cc(F)cc1Cl)c1cncc(Cl)n1. The van der Waals surface area contributed by atoms with E-state index in [1.165, 1.54) is 12.4 Å². The number of nitrogens with one attached hydrogen (secondary N) is 1. The zero-order valence-corrected chi connectivity index (χ0v) is 11.4. The van der Waals surface area contributed by atoms with Crippen molar-refractivity contribution in [2.45, 2.75) is 0 Å². The Balaban J connectivity index is 2.29. The highest BCUT2D eigenvalue weighted by molar-refractivity contribution is 6.40. The van der Waals surface area contributed by atoms with Crippen LogP contribution in [0, 0.1) is 5.82 Å². The fraction of sp³-hybridized carbons (Fsp3) is 0. The summed E-state index contributed by atoms with van der Waals surface area (Å²) in [6.07, 6.45) is 2.52. The first-order valence-corrected chi connectivity index (χ1v) is 6.04. The van der Waals surface area contributed by atoms with E-state index in [-0.39, 0.29) is 26.6 Å². The van der Waals surface area contributed by atoms with Gasteiger partial charge in [0.25, 0.3) is 5.91 Å². The number of hydrogen-bond acceptors (Lipinski definition) is 3. The summed E-state index contributed by atoms with van der Waals surface area (Å²) in [7, 11) is 0. The lowest BCUT2D eigenvalue weighted by Crippen LogP contribution is -2.14. The van der Waals surface area contributed by atoms with Gasteiger partial charge in [-0.15, -0.1) is 0 Å². The molecule has 19 heavy (non-hydrogen) atoms. The van der Waals surface area contributed by atoms with Crippen LogP contribution in [-0.4, -0.2) is 15.9 Å². The van der Waals surface area contributed by atoms with Crippen LogP contribution in [0.15, 0.2) is 24.5 Å². The fourth-order valence-corrected chi connectivity index (χ4v) is 1.99. The second-order valence-electron chi connectivity index (χ2n) is 3.43. The van der Waals surface area contributed by atoms with Crippen molar-refractivity contribution >= 4 is 46.4 Å². The van der Waals surface area contributed by atoms with Crippen LogP contribution in [0.5, 0.6) is 0 Å². The number of rotatable bonds is 2. The maximum absolute atomic E-state index is 13.0. The zero-order chi connectivity index (χ0) is 14.0. The molecular formula is C11H5Cl3FN3O. The molecule has 1 aromatic heterocycles. The molecule has 98 valence electrons. The molecule has 0 aliphatic heterocycles. The molecule has 0 fully saturated rings. The van der Waals surface area contributed by atoms with Crippen LogP contribution in [0.1, 0.15) is 10.5 Å². The Kier molecular flexibility index (Phi) is 4.19. The molecule has 4 nitrogen and oxygen atoms in total. The Hall–Kier alpha value is -1.43. The molecule has 2 aromatic rings. The number of aromatic nitrogens is 2. The van der Waals surface area contributed by atoms with E-state index >= 15 is 0 Å². The molecule has 0 saturated carbocycles. The van der Waals surface area contributed by atoms with E-state index in [0.717, 1.165) is 12.1 Å². The van der Waals surface area contributed by atoms with Crippen LogP contribution in [0.3, 0.4) is 0 Å². The highest BCUT2D eigenvalue weighted by Gasteiger charge is 2.14. The minimum absolute atomic E-state index is 0.0102. The van der Waals surface area contributed by atoms with Crippen LogP contribution in [0.25, 0.3) is 0 Å². The minimum atomic E-state index is -0.606. The largest absolute Gasteiger partial charge is 0.318 e. The molecule has 0 aliphatic carbocycles. The second-order valence-corrected chi connectivity index (χ2v) is 4.63. The number of amides is 1. The number of anilines is 1. The number of nitrogens with zero attached hydrogens (tertiary/aromatic N) is 2. The number of hydrogen-bond donors (Lipinski definition) is 1. The van der Waals surface area contributed by atoms with Crippen molar-refractivity contribution in [2.75, 3.05) is 5.32 Å². The van der Waals surface area contributed by atoms with Crippen molar-refractivity contribution in [2.24, 2.45) is 0 Å². The summed E-state index contributed by atoms with van der Waals surface area (Å²) in [4.78, 5) is 19.4. The molecule has 1 N–H and O–H groups in total. The molecule has 0 bridgehead atoms. The number of benzene rings is 1. The Morgan fingerprint density at radius 2 is 1.79 bits per heavy atom. The summed E-state index contributed by atoms with van der Waals surface area (Å²) in [5.74, 6) is -1.21. The van der Waals surface area contributed by atoms with E-state index in [1.807, 2.05) is 0 Å². The summed E-state index contributed by atoms with van der Waals surface area (Å²) in [5.41, 5.74) is 0.0838. The van der Waals surface area contributed by atoms with Gasteiger partial charge in [0, 0.05) is 0 Å². The van der Waals surface area contributed by atoms with E-state index < -0.39 is 11.7 Å². The number of carbonyl (C=O) groups excluding carboxylic acids is 1. The van der Waals surface area contributed by atoms with E-state index in [1.54, 1.807) is 0 Å². The van der Waals surface area contributed by atoms with Crippen LogP contribution in [0.4, 0.5) is 10.1 Å². The van der Waals surface area contributed by atoms with Gasteiger partial charge in [0.1, 0.15) is 16.7 Å². The lowest BCUT2D eigenvalue weighted by molar-refractivity contribution is 0.102. The summed E-state index contributed by atoms with van der Waals surface area (Å²) in [5, 5.41) is 2.45. The fourth-order valence-electron chi connectivity index (χ4n) is 1.29. The van der Waals surface area contributed by atoms with Gasteiger partial charge in [-0.25, -0.2) is 9.37 Å². The van der Waals surface area contributed by atoms with Gasteiger partial charge in [-0.2, -0.15) is 0 Å². The smallest absolute Gasteiger partial charge is 0.276 e. The van der Waals surface area contributed by atoms with E-state index in [0.29, 0.717) is 0 Å². The Labute approximate surface area is 122 Å². The molecule has 0 unspecified atom stereocenters. The topological polar surface area (TPSA) is 54.9 Å². The molecule has 1 heterocycles. The first-order valence-electron chi connectivity index (χ1n) is 4.91. The van der Waals surface area contributed by atoms with Crippen molar-refractivity contribution in [3.63, 3.8) is 0 Å². The van der Waals surface area contributed by atoms with Gasteiger partial charge in [0.05, 0.1) is 28.1 Å². The highest BCUT2D eigenvalue weighted by atomic mass is 35.5. The van der Waals surface area contributed by atoms with Gasteiger partial charge < -0.3 is 5.32 Å². The quantitative estimate of drug-likeness (QED) is 0.915. The molecule has 2 rings (SSSR count). The van der Waals surface area contributed by atoms with Crippen molar-refractivity contribution in [3.8, 4) is 0 Å². The predicted octanol–water partition coefficient (Wildman–Crippen LogP) is 3.83. The molecule has 1 aromatic carbocycles. The summed E-state index contributed by atoms with van der Waals surface area (Å²) < 4.78 is 13.0. The standard InChI is InChI=1S/C11H5Cl3FN3O/c12-6-1-5(15)2-7(13)10(6)18-11(19)8-3-16-4-9(14)17-8/h1-4H,(H,18,19). The summed E-state index contributed by atoms with van der Waals surface area (Å²) >= 11 is 17.2. The molecular weight excluding hydrogens is 315 g/mol. The third-order valence-corrected chi connectivity index (χ3v) is 2.86. The average molecular weight is 321 g/mol. The lowest BCUT2D eigenvalue weighted by Gasteiger charge is -2.08. The summed E-state index contributed by atoms with van der Waals surface area (Å²) in [6.45, 7) is 0. The molecule has 0 atom stereocenters. The predicted molar refractivity (Wildman–Crippen MR) is 71.4 cm³/mol. The second kappa shape index (κ2) is 5.69. The number of carbonyl (C=O) groups is 1. The van der Waals surface area contributed by atoms with Crippen LogP contribution in [0.2, 0.25) is 15.2 Å². The van der Waals surface area contributed by atoms with Crippen molar-refractivity contribution < 1.29 is 9.18 Å². The monoisotopic (exact) mass is 319 g/mol. The van der Waals surface area contributed by atoms with Crippen LogP contribution < -0.4 is 5.32 Å². The normalized spacial score (nSPS) is 10.3. The van der Waals surface area contributed by atoms with Gasteiger partial charge >= 0.3 is 0 Å². The first-order chi connectivity index (χ1) is 8.97. The van der Waals surface area contributed by atoms with Crippen molar-refractivity contribution in [1.82, 2.24) is 9.97 Å². The molecule has 0 spiro atoms. The molecule has 0 saturated heterocycles. The van der Waals surface area contributed by atoms with Gasteiger partial charge in [0.2, 0.25) is 0 Å².